The van der Waals surface area contributed by atoms with E-state index in [2.05, 4.69) is 49.7 Å². The standard InChI is InChI=1S/C15H24N2OS/c1-12(2)9-16-15(18)11-17(3)10-13-5-7-14(19-4)8-6-13/h5-8,12H,9-11H2,1-4H3,(H,16,18). The quantitative estimate of drug-likeness (QED) is 0.779. The fraction of sp³-hybridized carbons (Fsp3) is 0.533. The molecule has 0 unspecified atom stereocenters. The first-order chi connectivity index (χ1) is 9.01. The summed E-state index contributed by atoms with van der Waals surface area (Å²) in [7, 11) is 1.97. The summed E-state index contributed by atoms with van der Waals surface area (Å²) in [6.45, 7) is 6.17. The highest BCUT2D eigenvalue weighted by Gasteiger charge is 2.07. The Morgan fingerprint density at radius 1 is 1.32 bits per heavy atom. The van der Waals surface area contributed by atoms with Crippen LogP contribution in [0.25, 0.3) is 0 Å². The normalized spacial score (nSPS) is 11.1. The van der Waals surface area contributed by atoms with Crippen LogP contribution >= 0.6 is 11.8 Å². The summed E-state index contributed by atoms with van der Waals surface area (Å²) in [6.07, 6.45) is 2.07. The zero-order valence-corrected chi connectivity index (χ0v) is 13.1. The SMILES string of the molecule is CSc1ccc(CN(C)CC(=O)NCC(C)C)cc1. The first-order valence-corrected chi connectivity index (χ1v) is 7.82. The molecule has 3 nitrogen and oxygen atoms in total. The first-order valence-electron chi connectivity index (χ1n) is 6.59. The molecule has 0 radical (unpaired) electrons. The van der Waals surface area contributed by atoms with Gasteiger partial charge in [-0.15, -0.1) is 11.8 Å². The van der Waals surface area contributed by atoms with Gasteiger partial charge >= 0.3 is 0 Å². The summed E-state index contributed by atoms with van der Waals surface area (Å²) < 4.78 is 0. The molecule has 0 atom stereocenters. The molecular weight excluding hydrogens is 256 g/mol. The number of likely N-dealkylation sites (N-methyl/N-ethyl adjacent to an activating group) is 1. The molecule has 0 saturated carbocycles. The minimum atomic E-state index is 0.0944. The number of nitrogens with zero attached hydrogens (tertiary/aromatic N) is 1. The van der Waals surface area contributed by atoms with Gasteiger partial charge < -0.3 is 5.32 Å². The van der Waals surface area contributed by atoms with Crippen LogP contribution in [0.1, 0.15) is 19.4 Å². The third-order valence-corrected chi connectivity index (χ3v) is 3.48. The van der Waals surface area contributed by atoms with Crippen LogP contribution in [0.5, 0.6) is 0 Å². The molecule has 0 saturated heterocycles. The molecule has 19 heavy (non-hydrogen) atoms. The predicted octanol–water partition coefficient (Wildman–Crippen LogP) is 2.61. The molecule has 0 aliphatic carbocycles. The van der Waals surface area contributed by atoms with Gasteiger partial charge in [0.1, 0.15) is 0 Å². The number of rotatable bonds is 7. The third kappa shape index (κ3) is 6.64. The topological polar surface area (TPSA) is 32.3 Å². The zero-order valence-electron chi connectivity index (χ0n) is 12.3. The van der Waals surface area contributed by atoms with Crippen LogP contribution in [-0.2, 0) is 11.3 Å². The van der Waals surface area contributed by atoms with E-state index >= 15 is 0 Å². The van der Waals surface area contributed by atoms with Crippen LogP contribution in [0.4, 0.5) is 0 Å². The number of carbonyl (C=O) groups is 1. The molecule has 1 aromatic carbocycles. The van der Waals surface area contributed by atoms with Gasteiger partial charge in [-0.2, -0.15) is 0 Å². The summed E-state index contributed by atoms with van der Waals surface area (Å²) >= 11 is 1.74. The van der Waals surface area contributed by atoms with E-state index in [1.54, 1.807) is 11.8 Å². The van der Waals surface area contributed by atoms with Crippen LogP contribution < -0.4 is 5.32 Å². The smallest absolute Gasteiger partial charge is 0.234 e. The van der Waals surface area contributed by atoms with Gasteiger partial charge in [-0.1, -0.05) is 26.0 Å². The Hall–Kier alpha value is -1.00. The fourth-order valence-corrected chi connectivity index (χ4v) is 2.13. The molecule has 0 spiro atoms. The molecule has 0 fully saturated rings. The summed E-state index contributed by atoms with van der Waals surface area (Å²) in [4.78, 5) is 15.0. The minimum Gasteiger partial charge on any atom is -0.355 e. The Bertz CT molecular complexity index is 390. The Balaban J connectivity index is 2.37. The number of thioether (sulfide) groups is 1. The molecule has 0 aliphatic heterocycles. The predicted molar refractivity (Wildman–Crippen MR) is 82.4 cm³/mol. The molecule has 0 heterocycles. The van der Waals surface area contributed by atoms with E-state index in [1.807, 2.05) is 11.9 Å². The fourth-order valence-electron chi connectivity index (χ4n) is 1.72. The molecule has 0 bridgehead atoms. The lowest BCUT2D eigenvalue weighted by atomic mass is 10.2. The van der Waals surface area contributed by atoms with E-state index in [-0.39, 0.29) is 5.91 Å². The maximum Gasteiger partial charge on any atom is 0.234 e. The van der Waals surface area contributed by atoms with Crippen molar-refractivity contribution in [2.24, 2.45) is 5.92 Å². The lowest BCUT2D eigenvalue weighted by Crippen LogP contribution is -2.36. The maximum atomic E-state index is 11.7. The summed E-state index contributed by atoms with van der Waals surface area (Å²) in [6, 6.07) is 8.47. The lowest BCUT2D eigenvalue weighted by Gasteiger charge is -2.17. The number of carbonyl (C=O) groups excluding carboxylic acids is 1. The van der Waals surface area contributed by atoms with Gasteiger partial charge in [-0.25, -0.2) is 0 Å². The van der Waals surface area contributed by atoms with E-state index in [9.17, 15) is 4.79 Å². The van der Waals surface area contributed by atoms with Crippen molar-refractivity contribution in [3.63, 3.8) is 0 Å². The van der Waals surface area contributed by atoms with E-state index in [0.717, 1.165) is 13.1 Å². The molecule has 1 N–H and O–H groups in total. The second kappa shape index (κ2) is 8.23. The molecule has 0 aliphatic rings. The van der Waals surface area contributed by atoms with Gasteiger partial charge in [-0.3, -0.25) is 9.69 Å². The Morgan fingerprint density at radius 3 is 2.47 bits per heavy atom. The Morgan fingerprint density at radius 2 is 1.95 bits per heavy atom. The molecule has 1 aromatic rings. The molecule has 4 heteroatoms. The molecule has 0 aromatic heterocycles. The number of benzene rings is 1. The summed E-state index contributed by atoms with van der Waals surface area (Å²) in [5, 5.41) is 2.93. The Labute approximate surface area is 120 Å². The van der Waals surface area contributed by atoms with Gasteiger partial charge in [0.2, 0.25) is 5.91 Å². The maximum absolute atomic E-state index is 11.7. The van der Waals surface area contributed by atoms with E-state index < -0.39 is 0 Å². The van der Waals surface area contributed by atoms with E-state index in [4.69, 9.17) is 0 Å². The largest absolute Gasteiger partial charge is 0.355 e. The number of nitrogens with one attached hydrogen (secondary N) is 1. The van der Waals surface area contributed by atoms with Crippen molar-refractivity contribution >= 4 is 17.7 Å². The number of hydrogen-bond acceptors (Lipinski definition) is 3. The van der Waals surface area contributed by atoms with Crippen molar-refractivity contribution in [3.05, 3.63) is 29.8 Å². The summed E-state index contributed by atoms with van der Waals surface area (Å²) in [5.74, 6) is 0.588. The van der Waals surface area contributed by atoms with Gasteiger partial charge in [-0.05, 0) is 36.9 Å². The second-order valence-electron chi connectivity index (χ2n) is 5.22. The molecular formula is C15H24N2OS. The van der Waals surface area contributed by atoms with E-state index in [0.29, 0.717) is 12.5 Å². The first kappa shape index (κ1) is 16.1. The minimum absolute atomic E-state index is 0.0944. The van der Waals surface area contributed by atoms with Gasteiger partial charge in [0.05, 0.1) is 6.54 Å². The highest BCUT2D eigenvalue weighted by molar-refractivity contribution is 7.98. The van der Waals surface area contributed by atoms with Crippen molar-refractivity contribution < 1.29 is 4.79 Å². The van der Waals surface area contributed by atoms with Crippen LogP contribution in [0.2, 0.25) is 0 Å². The van der Waals surface area contributed by atoms with Crippen LogP contribution in [0, 0.1) is 5.92 Å². The third-order valence-electron chi connectivity index (χ3n) is 2.73. The molecule has 106 valence electrons. The van der Waals surface area contributed by atoms with Crippen molar-refractivity contribution in [1.29, 1.82) is 0 Å². The number of hydrogen-bond donors (Lipinski definition) is 1. The monoisotopic (exact) mass is 280 g/mol. The second-order valence-corrected chi connectivity index (χ2v) is 6.10. The van der Waals surface area contributed by atoms with Crippen molar-refractivity contribution in [2.45, 2.75) is 25.3 Å². The molecule has 1 rings (SSSR count). The average molecular weight is 280 g/mol. The van der Waals surface area contributed by atoms with E-state index in [1.165, 1.54) is 10.5 Å². The molecule has 1 amide bonds. The van der Waals surface area contributed by atoms with Gasteiger partial charge in [0.25, 0.3) is 0 Å². The van der Waals surface area contributed by atoms with Gasteiger partial charge in [0, 0.05) is 18.0 Å². The highest BCUT2D eigenvalue weighted by atomic mass is 32.2. The van der Waals surface area contributed by atoms with Crippen molar-refractivity contribution in [3.8, 4) is 0 Å². The zero-order chi connectivity index (χ0) is 14.3. The summed E-state index contributed by atoms with van der Waals surface area (Å²) in [5.41, 5.74) is 1.23. The van der Waals surface area contributed by atoms with Crippen molar-refractivity contribution in [2.75, 3.05) is 26.4 Å². The Kier molecular flexibility index (Phi) is 6.95. The average Bonchev–Trinajstić information content (AvgIpc) is 2.37. The van der Waals surface area contributed by atoms with Crippen LogP contribution in [-0.4, -0.2) is 37.2 Å². The van der Waals surface area contributed by atoms with Crippen molar-refractivity contribution in [1.82, 2.24) is 10.2 Å². The number of amides is 1. The van der Waals surface area contributed by atoms with Gasteiger partial charge in [0.15, 0.2) is 0 Å². The highest BCUT2D eigenvalue weighted by Crippen LogP contribution is 2.15. The lowest BCUT2D eigenvalue weighted by molar-refractivity contribution is -0.122. The van der Waals surface area contributed by atoms with Crippen LogP contribution in [0.3, 0.4) is 0 Å². The van der Waals surface area contributed by atoms with Crippen LogP contribution in [0.15, 0.2) is 29.2 Å².